The van der Waals surface area contributed by atoms with Gasteiger partial charge in [-0.05, 0) is 0 Å². The van der Waals surface area contributed by atoms with Gasteiger partial charge in [0, 0.05) is 0 Å². The van der Waals surface area contributed by atoms with Gasteiger partial charge in [-0.15, -0.1) is 24.8 Å². The molecule has 0 spiro atoms. The summed E-state index contributed by atoms with van der Waals surface area (Å²) in [5.41, 5.74) is 11.8. The maximum Gasteiger partial charge on any atom is -0.147 e. The minimum atomic E-state index is -2.73. The Kier molecular flexibility index (Phi) is 9.94. The first-order valence-electron chi connectivity index (χ1n) is 14.5. The van der Waals surface area contributed by atoms with Crippen molar-refractivity contribution in [2.45, 2.75) is 50.7 Å². The normalized spacial score (nSPS) is 16.5. The molecule has 0 aromatic heterocycles. The molecule has 1 nitrogen and oxygen atoms in total. The third kappa shape index (κ3) is 6.33. The number of aryl methyl sites for hydroxylation is 2. The first kappa shape index (κ1) is 33.0. The molecule has 0 radical (unpaired) electrons. The van der Waals surface area contributed by atoms with Crippen molar-refractivity contribution < 1.29 is 21.1 Å². The van der Waals surface area contributed by atoms with Crippen LogP contribution in [0.4, 0.5) is 0 Å². The fraction of sp³-hybridized carbons (Fsp3) is 0.205. The molecule has 2 aliphatic rings. The summed E-state index contributed by atoms with van der Waals surface area (Å²) in [6.07, 6.45) is 9.43. The van der Waals surface area contributed by atoms with Crippen LogP contribution in [0.1, 0.15) is 66.6 Å². The van der Waals surface area contributed by atoms with E-state index in [1.165, 1.54) is 53.9 Å². The molecule has 43 heavy (non-hydrogen) atoms. The molecule has 0 fully saturated rings. The van der Waals surface area contributed by atoms with Gasteiger partial charge in [0.15, 0.2) is 0 Å². The van der Waals surface area contributed by atoms with Crippen molar-refractivity contribution in [3.63, 3.8) is 0 Å². The van der Waals surface area contributed by atoms with Gasteiger partial charge in [-0.2, -0.15) is 0 Å². The van der Waals surface area contributed by atoms with E-state index in [0.29, 0.717) is 0 Å². The standard InChI is InChI=1S/C15H13.C13H10.C11H16O.2ClH.Ti/c1-10-5-3-7-12-13-8-4-6-11(2)15(13)9-14(10)12;1-3-7-12(8-4-1)11-13-9-5-2-6-10-13;1-8-5-9(11(2,3)4)7-10(12)6-8;;;/h3-9H,1-2H3;1-10H;5-7,12H,1-4H3;2*1H;/q;;;;;+1/p-1. The molecule has 4 aromatic carbocycles. The summed E-state index contributed by atoms with van der Waals surface area (Å²) in [4.78, 5) is 0. The molecule has 1 atom stereocenters. The Bertz CT molecular complexity index is 1720. The number of allylic oxidation sites excluding steroid dienone is 5. The quantitative estimate of drug-likeness (QED) is 0.197. The Labute approximate surface area is 276 Å². The minimum Gasteiger partial charge on any atom is -0.147 e. The summed E-state index contributed by atoms with van der Waals surface area (Å²) in [7, 11) is 0. The summed E-state index contributed by atoms with van der Waals surface area (Å²) < 4.78 is 8.58. The zero-order valence-electron chi connectivity index (χ0n) is 25.8. The SMILES string of the molecule is Cc1cc([O][Ti](=[C](c2ccccc2)c2ccccc2)[C]2(C)C=CC=C3C2=Cc2c(C)cccc23)cc(C(C)(C)C)c1.Cl.Cl. The van der Waals surface area contributed by atoms with Crippen molar-refractivity contribution in [2.75, 3.05) is 0 Å². The molecule has 0 amide bonds. The number of benzene rings is 4. The van der Waals surface area contributed by atoms with Gasteiger partial charge in [0.05, 0.1) is 0 Å². The van der Waals surface area contributed by atoms with Crippen molar-refractivity contribution in [1.29, 1.82) is 0 Å². The van der Waals surface area contributed by atoms with Crippen molar-refractivity contribution in [3.8, 4) is 5.75 Å². The molecule has 0 aliphatic heterocycles. The largest absolute Gasteiger partial charge is 0.147 e. The molecule has 0 bridgehead atoms. The third-order valence-electron chi connectivity index (χ3n) is 8.41. The second-order valence-electron chi connectivity index (χ2n) is 12.6. The predicted octanol–water partition coefficient (Wildman–Crippen LogP) is 10.9. The van der Waals surface area contributed by atoms with Crippen LogP contribution in [0.2, 0.25) is 3.72 Å². The molecule has 0 N–H and O–H groups in total. The van der Waals surface area contributed by atoms with Crippen LogP contribution in [0.15, 0.2) is 121 Å². The van der Waals surface area contributed by atoms with Gasteiger partial charge in [0.2, 0.25) is 0 Å². The maximum absolute atomic E-state index is 7.49. The molecule has 6 rings (SSSR count). The van der Waals surface area contributed by atoms with Crippen molar-refractivity contribution in [2.24, 2.45) is 0 Å². The average Bonchev–Trinajstić information content (AvgIpc) is 3.35. The van der Waals surface area contributed by atoms with Crippen LogP contribution in [0.25, 0.3) is 11.6 Å². The molecule has 4 aromatic rings. The van der Waals surface area contributed by atoms with E-state index < -0.39 is 17.8 Å². The fourth-order valence-corrected chi connectivity index (χ4v) is 10.4. The van der Waals surface area contributed by atoms with E-state index in [2.05, 4.69) is 163 Å². The number of fused-ring (bicyclic) bond motifs is 3. The topological polar surface area (TPSA) is 9.23 Å². The third-order valence-corrected chi connectivity index (χ3v) is 12.9. The molecule has 220 valence electrons. The van der Waals surface area contributed by atoms with Crippen molar-refractivity contribution in [1.82, 2.24) is 0 Å². The second kappa shape index (κ2) is 13.0. The van der Waals surface area contributed by atoms with E-state index in [1.807, 2.05) is 0 Å². The van der Waals surface area contributed by atoms with E-state index in [9.17, 15) is 0 Å². The van der Waals surface area contributed by atoms with E-state index in [4.69, 9.17) is 3.32 Å². The van der Waals surface area contributed by atoms with Crippen LogP contribution in [0.5, 0.6) is 5.75 Å². The van der Waals surface area contributed by atoms with Crippen LogP contribution < -0.4 is 3.32 Å². The van der Waals surface area contributed by atoms with Gasteiger partial charge in [-0.3, -0.25) is 0 Å². The zero-order chi connectivity index (χ0) is 28.8. The monoisotopic (exact) mass is 642 g/mol. The average molecular weight is 644 g/mol. The Hall–Kier alpha value is -2.94. The van der Waals surface area contributed by atoms with Gasteiger partial charge < -0.3 is 0 Å². The van der Waals surface area contributed by atoms with E-state index in [0.717, 1.165) is 5.75 Å². The number of rotatable bonds is 5. The van der Waals surface area contributed by atoms with E-state index in [-0.39, 0.29) is 33.9 Å². The van der Waals surface area contributed by atoms with Crippen LogP contribution in [0, 0.1) is 13.8 Å². The number of hydrogen-bond acceptors (Lipinski definition) is 1. The Morgan fingerprint density at radius 1 is 0.767 bits per heavy atom. The van der Waals surface area contributed by atoms with Crippen molar-refractivity contribution >= 4 is 40.3 Å². The summed E-state index contributed by atoms with van der Waals surface area (Å²) in [6.45, 7) is 13.7. The van der Waals surface area contributed by atoms with Crippen LogP contribution in [-0.4, -0.2) is 3.81 Å². The van der Waals surface area contributed by atoms with Crippen LogP contribution >= 0.6 is 24.8 Å². The van der Waals surface area contributed by atoms with Gasteiger partial charge in [-0.1, -0.05) is 0 Å². The maximum atomic E-state index is 7.49. The van der Waals surface area contributed by atoms with Crippen molar-refractivity contribution in [3.05, 3.63) is 160 Å². The van der Waals surface area contributed by atoms with Gasteiger partial charge in [-0.25, -0.2) is 0 Å². The first-order chi connectivity index (χ1) is 19.6. The zero-order valence-corrected chi connectivity index (χ0v) is 29.0. The van der Waals surface area contributed by atoms with E-state index >= 15 is 0 Å². The summed E-state index contributed by atoms with van der Waals surface area (Å²) in [6, 6.07) is 35.3. The van der Waals surface area contributed by atoms with Gasteiger partial charge >= 0.3 is 253 Å². The smallest absolute Gasteiger partial charge is 0.147 e. The predicted molar refractivity (Wildman–Crippen MR) is 186 cm³/mol. The molecule has 4 heteroatoms. The molecule has 0 heterocycles. The van der Waals surface area contributed by atoms with Crippen LogP contribution in [0.3, 0.4) is 0 Å². The minimum absolute atomic E-state index is 0. The number of halogens is 2. The molecule has 0 saturated carbocycles. The van der Waals surface area contributed by atoms with Gasteiger partial charge in [0.1, 0.15) is 0 Å². The Balaban J connectivity index is 0.00000212. The first-order valence-corrected chi connectivity index (χ1v) is 16.7. The Morgan fingerprint density at radius 2 is 1.40 bits per heavy atom. The molecule has 0 saturated heterocycles. The van der Waals surface area contributed by atoms with Gasteiger partial charge in [0.25, 0.3) is 0 Å². The molecule has 1 unspecified atom stereocenters. The molecule has 2 aliphatic carbocycles. The summed E-state index contributed by atoms with van der Waals surface area (Å²) in [5.74, 6) is 0.979. The Morgan fingerprint density at radius 3 is 2.00 bits per heavy atom. The van der Waals surface area contributed by atoms with Crippen LogP contribution in [-0.2, 0) is 23.2 Å². The van der Waals surface area contributed by atoms with E-state index in [1.54, 1.807) is 0 Å². The summed E-state index contributed by atoms with van der Waals surface area (Å²) in [5, 5.41) is 0. The second-order valence-corrected chi connectivity index (χ2v) is 16.3. The molecular weight excluding hydrogens is 603 g/mol. The molecular formula is C39H40Cl2OTi. The fourth-order valence-electron chi connectivity index (χ4n) is 6.12. The summed E-state index contributed by atoms with van der Waals surface area (Å²) >= 11 is -2.73. The number of hydrogen-bond donors (Lipinski definition) is 0.